The molecule has 5 nitrogen and oxygen atoms in total. The maximum absolute atomic E-state index is 12.5. The smallest absolute Gasteiger partial charge is 0.254 e. The monoisotopic (exact) mass is 260 g/mol. The number of amides is 1. The molecule has 0 aromatic carbocycles. The van der Waals surface area contributed by atoms with Gasteiger partial charge in [-0.25, -0.2) is 4.98 Å². The van der Waals surface area contributed by atoms with E-state index in [4.69, 9.17) is 0 Å². The molecule has 0 spiro atoms. The van der Waals surface area contributed by atoms with Crippen molar-refractivity contribution in [3.63, 3.8) is 0 Å². The van der Waals surface area contributed by atoms with Gasteiger partial charge in [-0.1, -0.05) is 0 Å². The number of hydrogen-bond acceptors (Lipinski definition) is 4. The first-order valence-electron chi connectivity index (χ1n) is 6.95. The number of hydrogen-bond donors (Lipinski definition) is 1. The maximum atomic E-state index is 12.5. The summed E-state index contributed by atoms with van der Waals surface area (Å²) >= 11 is 0. The van der Waals surface area contributed by atoms with Crippen molar-refractivity contribution in [1.29, 1.82) is 0 Å². The van der Waals surface area contributed by atoms with Crippen LogP contribution in [-0.4, -0.2) is 60.0 Å². The molecule has 0 bridgehead atoms. The molecule has 1 atom stereocenters. The van der Waals surface area contributed by atoms with E-state index >= 15 is 0 Å². The Labute approximate surface area is 113 Å². The van der Waals surface area contributed by atoms with Gasteiger partial charge < -0.3 is 10.2 Å². The van der Waals surface area contributed by atoms with E-state index in [2.05, 4.69) is 15.2 Å². The first-order chi connectivity index (χ1) is 9.28. The first kappa shape index (κ1) is 12.4. The van der Waals surface area contributed by atoms with E-state index in [1.807, 2.05) is 18.0 Å². The average Bonchev–Trinajstić information content (AvgIpc) is 2.94. The lowest BCUT2D eigenvalue weighted by Crippen LogP contribution is -2.52. The Bertz CT molecular complexity index is 476. The molecule has 1 aromatic rings. The summed E-state index contributed by atoms with van der Waals surface area (Å²) in [5, 5.41) is 2.97. The highest BCUT2D eigenvalue weighted by Gasteiger charge is 2.32. The van der Waals surface area contributed by atoms with Crippen LogP contribution >= 0.6 is 0 Å². The number of carbonyl (C=O) groups is 1. The van der Waals surface area contributed by atoms with E-state index in [1.165, 1.54) is 19.4 Å². The Balaban J connectivity index is 1.72. The van der Waals surface area contributed by atoms with Crippen LogP contribution in [0.15, 0.2) is 18.3 Å². The second kappa shape index (κ2) is 5.17. The topological polar surface area (TPSA) is 48.5 Å². The molecule has 3 heterocycles. The molecule has 3 rings (SSSR count). The van der Waals surface area contributed by atoms with E-state index in [0.717, 1.165) is 31.0 Å². The van der Waals surface area contributed by atoms with Crippen molar-refractivity contribution in [2.24, 2.45) is 0 Å². The summed E-state index contributed by atoms with van der Waals surface area (Å²) < 4.78 is 0. The quantitative estimate of drug-likeness (QED) is 0.863. The molecule has 5 heteroatoms. The van der Waals surface area contributed by atoms with Gasteiger partial charge >= 0.3 is 0 Å². The predicted octanol–water partition coefficient (Wildman–Crippen LogP) is 1.04. The Morgan fingerprint density at radius 2 is 2.32 bits per heavy atom. The van der Waals surface area contributed by atoms with Gasteiger partial charge in [0.2, 0.25) is 0 Å². The van der Waals surface area contributed by atoms with E-state index in [0.29, 0.717) is 6.04 Å². The van der Waals surface area contributed by atoms with Gasteiger partial charge in [-0.2, -0.15) is 0 Å². The lowest BCUT2D eigenvalue weighted by atomic mass is 10.1. The highest BCUT2D eigenvalue weighted by atomic mass is 16.2. The van der Waals surface area contributed by atoms with E-state index in [1.54, 1.807) is 12.3 Å². The Morgan fingerprint density at radius 1 is 1.42 bits per heavy atom. The van der Waals surface area contributed by atoms with Crippen molar-refractivity contribution in [2.75, 3.05) is 38.5 Å². The second-order valence-corrected chi connectivity index (χ2v) is 5.26. The van der Waals surface area contributed by atoms with Crippen molar-refractivity contribution in [2.45, 2.75) is 18.9 Å². The van der Waals surface area contributed by atoms with Crippen LogP contribution in [0.2, 0.25) is 0 Å². The molecule has 19 heavy (non-hydrogen) atoms. The Morgan fingerprint density at radius 3 is 3.16 bits per heavy atom. The van der Waals surface area contributed by atoms with Crippen LogP contribution in [-0.2, 0) is 0 Å². The number of fused-ring (bicyclic) bond motifs is 1. The summed E-state index contributed by atoms with van der Waals surface area (Å²) in [6.07, 6.45) is 4.18. The number of nitrogens with one attached hydrogen (secondary N) is 1. The summed E-state index contributed by atoms with van der Waals surface area (Å²) in [6, 6.07) is 4.19. The zero-order valence-electron chi connectivity index (χ0n) is 11.3. The summed E-state index contributed by atoms with van der Waals surface area (Å²) in [5.74, 6) is 0.871. The van der Waals surface area contributed by atoms with Gasteiger partial charge in [0.25, 0.3) is 5.91 Å². The van der Waals surface area contributed by atoms with Gasteiger partial charge in [0.1, 0.15) is 5.82 Å². The lowest BCUT2D eigenvalue weighted by molar-refractivity contribution is 0.0571. The molecule has 0 aliphatic carbocycles. The van der Waals surface area contributed by atoms with Crippen LogP contribution in [0.25, 0.3) is 0 Å². The van der Waals surface area contributed by atoms with Gasteiger partial charge in [-0.15, -0.1) is 0 Å². The van der Waals surface area contributed by atoms with Crippen LogP contribution in [0.5, 0.6) is 0 Å². The zero-order valence-corrected chi connectivity index (χ0v) is 11.3. The van der Waals surface area contributed by atoms with Gasteiger partial charge in [-0.05, 0) is 31.5 Å². The highest BCUT2D eigenvalue weighted by molar-refractivity contribution is 5.94. The van der Waals surface area contributed by atoms with Crippen LogP contribution in [0.3, 0.4) is 0 Å². The molecule has 2 saturated heterocycles. The third-order valence-electron chi connectivity index (χ3n) is 4.14. The normalized spacial score (nSPS) is 23.2. The van der Waals surface area contributed by atoms with Gasteiger partial charge in [-0.3, -0.25) is 9.69 Å². The minimum absolute atomic E-state index is 0.130. The molecule has 2 fully saturated rings. The number of piperazine rings is 1. The van der Waals surface area contributed by atoms with Gasteiger partial charge in [0.05, 0.1) is 0 Å². The van der Waals surface area contributed by atoms with Crippen molar-refractivity contribution in [1.82, 2.24) is 14.8 Å². The zero-order chi connectivity index (χ0) is 13.2. The molecular formula is C14H20N4O. The Kier molecular flexibility index (Phi) is 3.38. The molecule has 2 aliphatic rings. The summed E-state index contributed by atoms with van der Waals surface area (Å²) in [5.41, 5.74) is 0.728. The molecule has 102 valence electrons. The fourth-order valence-corrected chi connectivity index (χ4v) is 3.06. The largest absolute Gasteiger partial charge is 0.373 e. The van der Waals surface area contributed by atoms with Crippen molar-refractivity contribution < 1.29 is 4.79 Å². The molecule has 1 amide bonds. The number of carbonyl (C=O) groups excluding carboxylic acids is 1. The molecule has 2 aliphatic heterocycles. The van der Waals surface area contributed by atoms with Crippen molar-refractivity contribution in [3.8, 4) is 0 Å². The predicted molar refractivity (Wildman–Crippen MR) is 74.3 cm³/mol. The number of rotatable bonds is 2. The molecule has 1 unspecified atom stereocenters. The van der Waals surface area contributed by atoms with Crippen LogP contribution < -0.4 is 5.32 Å². The fourth-order valence-electron chi connectivity index (χ4n) is 3.06. The van der Waals surface area contributed by atoms with E-state index < -0.39 is 0 Å². The third kappa shape index (κ3) is 2.42. The number of aromatic nitrogens is 1. The first-order valence-corrected chi connectivity index (χ1v) is 6.95. The van der Waals surface area contributed by atoms with Crippen LogP contribution in [0.4, 0.5) is 5.82 Å². The minimum Gasteiger partial charge on any atom is -0.373 e. The van der Waals surface area contributed by atoms with Crippen LogP contribution in [0.1, 0.15) is 23.2 Å². The number of anilines is 1. The molecule has 0 radical (unpaired) electrons. The molecule has 1 N–H and O–H groups in total. The average molecular weight is 260 g/mol. The summed E-state index contributed by atoms with van der Waals surface area (Å²) in [7, 11) is 1.81. The van der Waals surface area contributed by atoms with Crippen LogP contribution in [0, 0.1) is 0 Å². The molecule has 1 aromatic heterocycles. The molecular weight excluding hydrogens is 240 g/mol. The standard InChI is InChI=1S/C14H20N4O/c1-15-13-9-11(4-5-16-13)14(19)18-8-7-17-6-2-3-12(17)10-18/h4-5,9,12H,2-3,6-8,10H2,1H3,(H,15,16). The summed E-state index contributed by atoms with van der Waals surface area (Å²) in [4.78, 5) is 21.2. The number of nitrogens with zero attached hydrogens (tertiary/aromatic N) is 3. The second-order valence-electron chi connectivity index (χ2n) is 5.26. The molecule has 0 saturated carbocycles. The lowest BCUT2D eigenvalue weighted by Gasteiger charge is -2.37. The fraction of sp³-hybridized carbons (Fsp3) is 0.571. The minimum atomic E-state index is 0.130. The summed E-state index contributed by atoms with van der Waals surface area (Å²) in [6.45, 7) is 3.93. The Hall–Kier alpha value is -1.62. The number of pyridine rings is 1. The van der Waals surface area contributed by atoms with Gasteiger partial charge in [0, 0.05) is 44.5 Å². The SMILES string of the molecule is CNc1cc(C(=O)N2CCN3CCCC3C2)ccn1. The van der Waals surface area contributed by atoms with E-state index in [-0.39, 0.29) is 5.91 Å². The highest BCUT2D eigenvalue weighted by Crippen LogP contribution is 2.22. The van der Waals surface area contributed by atoms with Gasteiger partial charge in [0.15, 0.2) is 0 Å². The third-order valence-corrected chi connectivity index (χ3v) is 4.14. The van der Waals surface area contributed by atoms with Crippen molar-refractivity contribution in [3.05, 3.63) is 23.9 Å². The maximum Gasteiger partial charge on any atom is 0.254 e. The van der Waals surface area contributed by atoms with Crippen molar-refractivity contribution >= 4 is 11.7 Å². The van der Waals surface area contributed by atoms with E-state index in [9.17, 15) is 4.79 Å².